The molecule has 108 valence electrons. The smallest absolute Gasteiger partial charge is 0.252 e. The third-order valence-electron chi connectivity index (χ3n) is 2.87. The Hall–Kier alpha value is -2.11. The highest BCUT2D eigenvalue weighted by Gasteiger charge is 2.10. The number of ether oxygens (including phenoxy) is 1. The minimum absolute atomic E-state index is 0.209. The Kier molecular flexibility index (Phi) is 4.77. The molecule has 0 heterocycles. The standard InChI is InChI=1S/C15H13ClN2O2S/c16-12-7-9(15(18)21)5-6-10(12)8-20-13-4-2-1-3-11(13)14(17)19/h1-7H,8H2,(H2,17,19)(H2,18,21). The molecule has 0 atom stereocenters. The number of hydrogen-bond donors (Lipinski definition) is 2. The van der Waals surface area contributed by atoms with E-state index in [1.807, 2.05) is 0 Å². The van der Waals surface area contributed by atoms with E-state index in [0.29, 0.717) is 21.9 Å². The number of hydrogen-bond acceptors (Lipinski definition) is 3. The van der Waals surface area contributed by atoms with Gasteiger partial charge in [-0.05, 0) is 18.2 Å². The molecule has 4 N–H and O–H groups in total. The van der Waals surface area contributed by atoms with Gasteiger partial charge >= 0.3 is 0 Å². The number of carbonyl (C=O) groups excluding carboxylic acids is 1. The molecule has 21 heavy (non-hydrogen) atoms. The topological polar surface area (TPSA) is 78.3 Å². The Morgan fingerprint density at radius 2 is 1.90 bits per heavy atom. The Morgan fingerprint density at radius 3 is 2.52 bits per heavy atom. The lowest BCUT2D eigenvalue weighted by Crippen LogP contribution is -2.13. The monoisotopic (exact) mass is 320 g/mol. The molecule has 0 unspecified atom stereocenters. The molecule has 0 aliphatic rings. The van der Waals surface area contributed by atoms with Gasteiger partial charge in [0.1, 0.15) is 17.3 Å². The number of carbonyl (C=O) groups is 1. The highest BCUT2D eigenvalue weighted by atomic mass is 35.5. The molecule has 0 bridgehead atoms. The lowest BCUT2D eigenvalue weighted by atomic mass is 10.1. The number of benzene rings is 2. The Balaban J connectivity index is 2.17. The zero-order valence-corrected chi connectivity index (χ0v) is 12.6. The first-order chi connectivity index (χ1) is 9.99. The second-order valence-corrected chi connectivity index (χ2v) is 5.17. The van der Waals surface area contributed by atoms with E-state index >= 15 is 0 Å². The van der Waals surface area contributed by atoms with Gasteiger partial charge in [0.15, 0.2) is 0 Å². The summed E-state index contributed by atoms with van der Waals surface area (Å²) in [7, 11) is 0. The van der Waals surface area contributed by atoms with Crippen molar-refractivity contribution in [3.8, 4) is 5.75 Å². The Bertz CT molecular complexity index is 704. The van der Waals surface area contributed by atoms with Gasteiger partial charge in [-0.1, -0.05) is 48.1 Å². The summed E-state index contributed by atoms with van der Waals surface area (Å²) in [6.45, 7) is 0.209. The summed E-state index contributed by atoms with van der Waals surface area (Å²) in [4.78, 5) is 11.6. The van der Waals surface area contributed by atoms with Gasteiger partial charge in [-0.15, -0.1) is 0 Å². The van der Waals surface area contributed by atoms with E-state index < -0.39 is 5.91 Å². The van der Waals surface area contributed by atoms with E-state index in [9.17, 15) is 4.79 Å². The predicted molar refractivity (Wildman–Crippen MR) is 86.6 cm³/mol. The average Bonchev–Trinajstić information content (AvgIpc) is 2.46. The molecule has 2 aromatic rings. The van der Waals surface area contributed by atoms with Gasteiger partial charge in [0.05, 0.1) is 5.56 Å². The zero-order chi connectivity index (χ0) is 15.4. The molecule has 0 aliphatic carbocycles. The lowest BCUT2D eigenvalue weighted by molar-refractivity contribution is 0.0996. The zero-order valence-electron chi connectivity index (χ0n) is 11.0. The highest BCUT2D eigenvalue weighted by Crippen LogP contribution is 2.22. The van der Waals surface area contributed by atoms with Crippen molar-refractivity contribution in [1.82, 2.24) is 0 Å². The molecule has 0 fully saturated rings. The van der Waals surface area contributed by atoms with Crippen molar-refractivity contribution in [1.29, 1.82) is 0 Å². The van der Waals surface area contributed by atoms with Gasteiger partial charge in [0.2, 0.25) is 0 Å². The summed E-state index contributed by atoms with van der Waals surface area (Å²) >= 11 is 11.0. The van der Waals surface area contributed by atoms with Crippen molar-refractivity contribution in [3.05, 3.63) is 64.2 Å². The van der Waals surface area contributed by atoms with Gasteiger partial charge in [0.25, 0.3) is 5.91 Å². The normalized spacial score (nSPS) is 10.1. The predicted octanol–water partition coefficient (Wildman–Crippen LogP) is 2.65. The molecule has 1 amide bonds. The molecule has 0 radical (unpaired) electrons. The molecule has 0 aromatic heterocycles. The van der Waals surface area contributed by atoms with E-state index in [-0.39, 0.29) is 11.6 Å². The van der Waals surface area contributed by atoms with E-state index in [0.717, 1.165) is 5.56 Å². The first-order valence-electron chi connectivity index (χ1n) is 6.09. The van der Waals surface area contributed by atoms with Crippen molar-refractivity contribution < 1.29 is 9.53 Å². The largest absolute Gasteiger partial charge is 0.488 e. The second-order valence-electron chi connectivity index (χ2n) is 4.32. The molecule has 0 aliphatic heterocycles. The minimum Gasteiger partial charge on any atom is -0.488 e. The first kappa shape index (κ1) is 15.3. The molecule has 6 heteroatoms. The summed E-state index contributed by atoms with van der Waals surface area (Å²) in [5.41, 5.74) is 12.6. The van der Waals surface area contributed by atoms with E-state index in [4.69, 9.17) is 40.0 Å². The van der Waals surface area contributed by atoms with Gasteiger partial charge < -0.3 is 16.2 Å². The fourth-order valence-electron chi connectivity index (χ4n) is 1.77. The second kappa shape index (κ2) is 6.56. The van der Waals surface area contributed by atoms with E-state index in [2.05, 4.69) is 0 Å². The maximum Gasteiger partial charge on any atom is 0.252 e. The van der Waals surface area contributed by atoms with Crippen LogP contribution in [0.5, 0.6) is 5.75 Å². The van der Waals surface area contributed by atoms with Crippen molar-refractivity contribution in [2.45, 2.75) is 6.61 Å². The van der Waals surface area contributed by atoms with Crippen molar-refractivity contribution in [2.24, 2.45) is 11.5 Å². The number of para-hydroxylation sites is 1. The number of rotatable bonds is 5. The number of thiocarbonyl (C=S) groups is 1. The summed E-state index contributed by atoms with van der Waals surface area (Å²) in [5.74, 6) is -0.125. The SMILES string of the molecule is NC(=O)c1ccccc1OCc1ccc(C(N)=S)cc1Cl. The molecule has 2 rings (SSSR count). The maximum absolute atomic E-state index is 11.3. The van der Waals surface area contributed by atoms with Crippen LogP contribution in [0.2, 0.25) is 5.02 Å². The van der Waals surface area contributed by atoms with E-state index in [1.54, 1.807) is 42.5 Å². The van der Waals surface area contributed by atoms with Gasteiger partial charge in [-0.3, -0.25) is 4.79 Å². The third-order valence-corrected chi connectivity index (χ3v) is 3.46. The van der Waals surface area contributed by atoms with Crippen LogP contribution < -0.4 is 16.2 Å². The number of halogens is 1. The van der Waals surface area contributed by atoms with E-state index in [1.165, 1.54) is 0 Å². The minimum atomic E-state index is -0.541. The number of amides is 1. The van der Waals surface area contributed by atoms with Crippen molar-refractivity contribution in [3.63, 3.8) is 0 Å². The summed E-state index contributed by atoms with van der Waals surface area (Å²) in [6.07, 6.45) is 0. The Morgan fingerprint density at radius 1 is 1.19 bits per heavy atom. The molecule has 0 spiro atoms. The summed E-state index contributed by atoms with van der Waals surface area (Å²) < 4.78 is 5.62. The number of primary amides is 1. The van der Waals surface area contributed by atoms with Gasteiger partial charge in [0, 0.05) is 16.1 Å². The van der Waals surface area contributed by atoms with Crippen LogP contribution in [-0.4, -0.2) is 10.9 Å². The van der Waals surface area contributed by atoms with Crippen molar-refractivity contribution >= 4 is 34.7 Å². The van der Waals surface area contributed by atoms with Crippen LogP contribution in [0.15, 0.2) is 42.5 Å². The summed E-state index contributed by atoms with van der Waals surface area (Å²) in [5, 5.41) is 0.497. The average molecular weight is 321 g/mol. The lowest BCUT2D eigenvalue weighted by Gasteiger charge is -2.11. The Labute approximate surface area is 132 Å². The molecule has 2 aromatic carbocycles. The van der Waals surface area contributed by atoms with Crippen LogP contribution >= 0.6 is 23.8 Å². The van der Waals surface area contributed by atoms with Gasteiger partial charge in [-0.2, -0.15) is 0 Å². The molecule has 0 saturated heterocycles. The van der Waals surface area contributed by atoms with Gasteiger partial charge in [-0.25, -0.2) is 0 Å². The first-order valence-corrected chi connectivity index (χ1v) is 6.87. The van der Waals surface area contributed by atoms with Crippen molar-refractivity contribution in [2.75, 3.05) is 0 Å². The fourth-order valence-corrected chi connectivity index (χ4v) is 2.13. The third kappa shape index (κ3) is 3.71. The quantitative estimate of drug-likeness (QED) is 0.830. The molecular weight excluding hydrogens is 308 g/mol. The fraction of sp³-hybridized carbons (Fsp3) is 0.0667. The maximum atomic E-state index is 11.3. The van der Waals surface area contributed by atoms with Crippen LogP contribution in [0.3, 0.4) is 0 Å². The number of nitrogens with two attached hydrogens (primary N) is 2. The highest BCUT2D eigenvalue weighted by molar-refractivity contribution is 7.80. The summed E-state index contributed by atoms with van der Waals surface area (Å²) in [6, 6.07) is 12.0. The molecular formula is C15H13ClN2O2S. The molecule has 4 nitrogen and oxygen atoms in total. The van der Waals surface area contributed by atoms with Crippen LogP contribution in [0.4, 0.5) is 0 Å². The molecule has 0 saturated carbocycles. The van der Waals surface area contributed by atoms with Crippen LogP contribution in [0, 0.1) is 0 Å². The van der Waals surface area contributed by atoms with Crippen LogP contribution in [-0.2, 0) is 6.61 Å². The van der Waals surface area contributed by atoms with Crippen LogP contribution in [0.1, 0.15) is 21.5 Å². The van der Waals surface area contributed by atoms with Crippen LogP contribution in [0.25, 0.3) is 0 Å².